The number of hydrogen-bond donors (Lipinski definition) is 0. The standard InChI is InChI=1S/2C35H32O4/c2*1-3-36-34(2)33-31(28-19-11-13-21-30(28)37-34)32-27(23-22-24-14-6-4-7-15-24)26-18-10-12-20-29(26)38-35(32,39-33)25-16-8-5-9-17-25/h2*4-23,27,31-33H,3H2,1-2H3/b2*23-22+/t2*27-,31+,32+,33-,34-,35-/m11/s1. The smallest absolute Gasteiger partial charge is 0.242 e. The average molecular weight is 1030 g/mol. The van der Waals surface area contributed by atoms with E-state index in [-0.39, 0.29) is 47.7 Å². The Bertz CT molecular complexity index is 3230. The maximum atomic E-state index is 7.20. The first kappa shape index (κ1) is 49.8. The highest BCUT2D eigenvalue weighted by atomic mass is 16.8. The van der Waals surface area contributed by atoms with Gasteiger partial charge in [0.15, 0.2) is 0 Å². The van der Waals surface area contributed by atoms with Gasteiger partial charge in [-0.3, -0.25) is 0 Å². The van der Waals surface area contributed by atoms with E-state index < -0.39 is 23.1 Å². The summed E-state index contributed by atoms with van der Waals surface area (Å²) in [5.41, 5.74) is 8.89. The van der Waals surface area contributed by atoms with E-state index in [1.54, 1.807) is 0 Å². The summed E-state index contributed by atoms with van der Waals surface area (Å²) in [6.07, 6.45) is 8.34. The molecule has 78 heavy (non-hydrogen) atoms. The summed E-state index contributed by atoms with van der Waals surface area (Å²) >= 11 is 0. The van der Waals surface area contributed by atoms with Gasteiger partial charge in [-0.15, -0.1) is 0 Å². The van der Waals surface area contributed by atoms with Crippen molar-refractivity contribution < 1.29 is 37.9 Å². The molecule has 8 heteroatoms. The van der Waals surface area contributed by atoms with Crippen molar-refractivity contribution in [2.24, 2.45) is 11.8 Å². The number of para-hydroxylation sites is 4. The highest BCUT2D eigenvalue weighted by Crippen LogP contribution is 2.67. The van der Waals surface area contributed by atoms with Crippen molar-refractivity contribution in [1.82, 2.24) is 0 Å². The van der Waals surface area contributed by atoms with Crippen molar-refractivity contribution in [1.29, 1.82) is 0 Å². The minimum absolute atomic E-state index is 0.0161. The van der Waals surface area contributed by atoms with Gasteiger partial charge in [-0.05, 0) is 49.2 Å². The predicted molar refractivity (Wildman–Crippen MR) is 303 cm³/mol. The van der Waals surface area contributed by atoms with Crippen LogP contribution >= 0.6 is 0 Å². The fourth-order valence-corrected chi connectivity index (χ4v) is 13.7. The minimum Gasteiger partial charge on any atom is -0.459 e. The molecule has 6 aliphatic heterocycles. The van der Waals surface area contributed by atoms with Crippen LogP contribution in [0.3, 0.4) is 0 Å². The number of fused-ring (bicyclic) bond motifs is 12. The molecule has 12 atom stereocenters. The van der Waals surface area contributed by atoms with Crippen molar-refractivity contribution in [3.05, 3.63) is 275 Å². The largest absolute Gasteiger partial charge is 0.459 e. The van der Waals surface area contributed by atoms with Crippen molar-refractivity contribution in [2.45, 2.75) is 86.7 Å². The maximum Gasteiger partial charge on any atom is 0.242 e. The number of rotatable bonds is 10. The van der Waals surface area contributed by atoms with E-state index in [2.05, 4.69) is 182 Å². The van der Waals surface area contributed by atoms with Crippen molar-refractivity contribution in [3.8, 4) is 23.0 Å². The summed E-state index contributed by atoms with van der Waals surface area (Å²) in [5.74, 6) is -0.858. The number of hydrogen-bond acceptors (Lipinski definition) is 8. The molecule has 2 fully saturated rings. The zero-order chi connectivity index (χ0) is 52.9. The van der Waals surface area contributed by atoms with Gasteiger partial charge in [-0.2, -0.15) is 0 Å². The third-order valence-corrected chi connectivity index (χ3v) is 16.8. The van der Waals surface area contributed by atoms with Crippen LogP contribution in [0, 0.1) is 11.8 Å². The van der Waals surface area contributed by atoms with Crippen LogP contribution in [-0.2, 0) is 30.5 Å². The molecule has 6 aliphatic rings. The van der Waals surface area contributed by atoms with Crippen molar-refractivity contribution >= 4 is 12.2 Å². The minimum atomic E-state index is -1.03. The topological polar surface area (TPSA) is 73.8 Å². The molecule has 0 saturated carbocycles. The molecular weight excluding hydrogens is 969 g/mol. The monoisotopic (exact) mass is 1030 g/mol. The van der Waals surface area contributed by atoms with Gasteiger partial charge in [0.25, 0.3) is 0 Å². The molecule has 8 aromatic carbocycles. The second-order valence-electron chi connectivity index (χ2n) is 21.3. The fraction of sp³-hybridized carbons (Fsp3) is 0.257. The van der Waals surface area contributed by atoms with Crippen LogP contribution in [-0.4, -0.2) is 37.0 Å². The van der Waals surface area contributed by atoms with Crippen LogP contribution in [0.1, 0.15) is 95.9 Å². The van der Waals surface area contributed by atoms with E-state index in [0.29, 0.717) is 13.2 Å². The molecule has 0 radical (unpaired) electrons. The van der Waals surface area contributed by atoms with Gasteiger partial charge >= 0.3 is 0 Å². The van der Waals surface area contributed by atoms with E-state index in [4.69, 9.17) is 37.9 Å². The quantitative estimate of drug-likeness (QED) is 0.134. The first-order valence-electron chi connectivity index (χ1n) is 27.6. The van der Waals surface area contributed by atoms with Gasteiger partial charge in [0.1, 0.15) is 35.2 Å². The lowest BCUT2D eigenvalue weighted by atomic mass is 9.66. The van der Waals surface area contributed by atoms with Gasteiger partial charge in [-0.25, -0.2) is 0 Å². The molecule has 8 nitrogen and oxygen atoms in total. The Balaban J connectivity index is 0.000000148. The molecule has 0 N–H and O–H groups in total. The third kappa shape index (κ3) is 8.36. The lowest BCUT2D eigenvalue weighted by Crippen LogP contribution is -2.53. The molecule has 14 rings (SSSR count). The van der Waals surface area contributed by atoms with Crippen LogP contribution in [0.5, 0.6) is 23.0 Å². The molecule has 0 unspecified atom stereocenters. The molecule has 0 bridgehead atoms. The Hall–Kier alpha value is -7.72. The summed E-state index contributed by atoms with van der Waals surface area (Å²) in [6, 6.07) is 75.0. The molecule has 392 valence electrons. The van der Waals surface area contributed by atoms with Gasteiger partial charge in [0, 0.05) is 95.9 Å². The van der Waals surface area contributed by atoms with Crippen LogP contribution in [0.25, 0.3) is 12.2 Å². The van der Waals surface area contributed by atoms with Crippen molar-refractivity contribution in [2.75, 3.05) is 13.2 Å². The second kappa shape index (κ2) is 20.3. The van der Waals surface area contributed by atoms with Crippen LogP contribution in [0.15, 0.2) is 231 Å². The van der Waals surface area contributed by atoms with Crippen LogP contribution < -0.4 is 18.9 Å². The molecule has 8 aromatic rings. The average Bonchev–Trinajstić information content (AvgIpc) is 3.63. The second-order valence-corrected chi connectivity index (χ2v) is 21.3. The third-order valence-electron chi connectivity index (χ3n) is 16.8. The lowest BCUT2D eigenvalue weighted by molar-refractivity contribution is -0.287. The van der Waals surface area contributed by atoms with Crippen LogP contribution in [0.4, 0.5) is 0 Å². The summed E-state index contributed by atoms with van der Waals surface area (Å²) < 4.78 is 54.3. The number of allylic oxidation sites excluding steroid dienone is 2. The Morgan fingerprint density at radius 3 is 1.04 bits per heavy atom. The van der Waals surface area contributed by atoms with Gasteiger partial charge in [0.2, 0.25) is 23.1 Å². The van der Waals surface area contributed by atoms with Gasteiger partial charge in [0.05, 0.1) is 0 Å². The van der Waals surface area contributed by atoms with E-state index in [0.717, 1.165) is 67.5 Å². The lowest BCUT2D eigenvalue weighted by Gasteiger charge is -2.45. The number of ether oxygens (including phenoxy) is 8. The van der Waals surface area contributed by atoms with Gasteiger partial charge < -0.3 is 37.9 Å². The predicted octanol–water partition coefficient (Wildman–Crippen LogP) is 15.3. The number of benzene rings is 8. The Labute approximate surface area is 457 Å². The zero-order valence-electron chi connectivity index (χ0n) is 44.4. The fourth-order valence-electron chi connectivity index (χ4n) is 13.7. The van der Waals surface area contributed by atoms with Gasteiger partial charge in [-0.1, -0.05) is 218 Å². The molecule has 2 saturated heterocycles. The highest BCUT2D eigenvalue weighted by molar-refractivity contribution is 5.58. The first-order chi connectivity index (χ1) is 38.3. The molecular formula is C70H64O8. The Morgan fingerprint density at radius 2 is 0.679 bits per heavy atom. The zero-order valence-corrected chi connectivity index (χ0v) is 44.4. The maximum absolute atomic E-state index is 7.20. The summed E-state index contributed by atoms with van der Waals surface area (Å²) in [4.78, 5) is 0. The summed E-state index contributed by atoms with van der Waals surface area (Å²) in [6.45, 7) is 9.01. The molecule has 0 aromatic heterocycles. The first-order valence-corrected chi connectivity index (χ1v) is 27.6. The van der Waals surface area contributed by atoms with E-state index in [1.165, 1.54) is 0 Å². The molecule has 0 aliphatic carbocycles. The van der Waals surface area contributed by atoms with E-state index >= 15 is 0 Å². The Kier molecular flexibility index (Phi) is 12.9. The summed E-state index contributed by atoms with van der Waals surface area (Å²) in [7, 11) is 0. The van der Waals surface area contributed by atoms with E-state index in [9.17, 15) is 0 Å². The SMILES string of the molecule is CCO[C@]1(C)Oc2ccccc2[C@H]2[C@@H]3[C@H](/C=C/c4ccccc4)c4ccccc4O[C@]3(c3ccccc3)O[C@H]21.CCO[C@]1(C)Oc2ccccc2[C@H]2[C@@H]3[C@H](/C=C/c4ccccc4)c4ccccc4O[C@]3(c3ccccc3)O[C@H]21. The van der Waals surface area contributed by atoms with Crippen molar-refractivity contribution in [3.63, 3.8) is 0 Å². The van der Waals surface area contributed by atoms with E-state index in [1.807, 2.05) is 88.4 Å². The normalized spacial score (nSPS) is 30.4. The molecule has 0 amide bonds. The van der Waals surface area contributed by atoms with Crippen LogP contribution in [0.2, 0.25) is 0 Å². The Morgan fingerprint density at radius 1 is 0.372 bits per heavy atom. The molecule has 0 spiro atoms. The highest BCUT2D eigenvalue weighted by Gasteiger charge is 2.71. The molecule has 6 heterocycles. The summed E-state index contributed by atoms with van der Waals surface area (Å²) in [5, 5.41) is 0.